The summed E-state index contributed by atoms with van der Waals surface area (Å²) < 4.78 is 0. The van der Waals surface area contributed by atoms with Crippen LogP contribution < -0.4 is 0 Å². The molecule has 0 unspecified atom stereocenters. The van der Waals surface area contributed by atoms with Crippen LogP contribution in [0, 0.1) is 0 Å². The smallest absolute Gasteiger partial charge is 0.269 e. The molecule has 0 amide bonds. The molecule has 2 heterocycles. The van der Waals surface area contributed by atoms with Gasteiger partial charge < -0.3 is 4.98 Å². The number of aromatic amines is 2. The van der Waals surface area contributed by atoms with E-state index in [4.69, 9.17) is 0 Å². The maximum Gasteiger partial charge on any atom is 0.269 e. The molecule has 2 N–H and O–H groups in total. The van der Waals surface area contributed by atoms with Crippen molar-refractivity contribution >= 4 is 11.6 Å². The van der Waals surface area contributed by atoms with Gasteiger partial charge in [-0.25, -0.2) is 0 Å². The largest absolute Gasteiger partial charge is 0.362 e. The van der Waals surface area contributed by atoms with Crippen molar-refractivity contribution in [2.75, 3.05) is 0 Å². The van der Waals surface area contributed by atoms with Gasteiger partial charge in [-0.05, 0) is 22.9 Å². The van der Waals surface area contributed by atoms with E-state index in [1.54, 1.807) is 6.07 Å². The van der Waals surface area contributed by atoms with Gasteiger partial charge in [-0.1, -0.05) is 30.3 Å². The fourth-order valence-corrected chi connectivity index (χ4v) is 2.15. The lowest BCUT2D eigenvalue weighted by atomic mass is 10.1. The predicted octanol–water partition coefficient (Wildman–Crippen LogP) is 1.11. The summed E-state index contributed by atoms with van der Waals surface area (Å²) >= 11 is 0. The van der Waals surface area contributed by atoms with Crippen molar-refractivity contribution in [1.82, 2.24) is 25.6 Å². The molecule has 110 valence electrons. The number of tetrazole rings is 1. The Labute approximate surface area is 125 Å². The number of H-pyrrole nitrogens is 2. The summed E-state index contributed by atoms with van der Waals surface area (Å²) in [6.07, 6.45) is 0.732. The van der Waals surface area contributed by atoms with E-state index in [0.29, 0.717) is 5.69 Å². The third-order valence-corrected chi connectivity index (χ3v) is 3.20. The molecule has 1 aromatic carbocycles. The Morgan fingerprint density at radius 1 is 1.00 bits per heavy atom. The summed E-state index contributed by atoms with van der Waals surface area (Å²) in [5.41, 5.74) is 2.85. The topological polar surface area (TPSA) is 104 Å². The number of carbonyl (C=O) groups excluding carboxylic acids is 2. The van der Waals surface area contributed by atoms with Crippen LogP contribution in [-0.4, -0.2) is 37.2 Å². The quantitative estimate of drug-likeness (QED) is 0.523. The van der Waals surface area contributed by atoms with Crippen LogP contribution in [0.25, 0.3) is 0 Å². The predicted molar refractivity (Wildman–Crippen MR) is 77.3 cm³/mol. The summed E-state index contributed by atoms with van der Waals surface area (Å²) in [5, 5.41) is 12.4. The van der Waals surface area contributed by atoms with Crippen LogP contribution >= 0.6 is 0 Å². The van der Waals surface area contributed by atoms with Gasteiger partial charge in [-0.15, -0.1) is 10.2 Å². The number of nitrogens with zero attached hydrogens (tertiary/aromatic N) is 3. The first-order valence-corrected chi connectivity index (χ1v) is 6.74. The fourth-order valence-electron chi connectivity index (χ4n) is 2.15. The van der Waals surface area contributed by atoms with Crippen molar-refractivity contribution in [2.45, 2.75) is 12.8 Å². The lowest BCUT2D eigenvalue weighted by Crippen LogP contribution is -2.18. The van der Waals surface area contributed by atoms with E-state index in [1.807, 2.05) is 36.4 Å². The van der Waals surface area contributed by atoms with Crippen LogP contribution in [0.1, 0.15) is 27.6 Å². The molecule has 0 saturated carbocycles. The summed E-state index contributed by atoms with van der Waals surface area (Å²) in [7, 11) is 0. The standard InChI is InChI=1S/C15H13N5O2/c21-13(14(22)15-17-19-20-18-15)9-12-7-6-11(16-12)8-10-4-2-1-3-5-10/h1-7,16H,8-9H2,(H,17,18,19,20). The van der Waals surface area contributed by atoms with Crippen LogP contribution in [0.2, 0.25) is 0 Å². The molecule has 22 heavy (non-hydrogen) atoms. The van der Waals surface area contributed by atoms with Gasteiger partial charge in [-0.2, -0.15) is 5.21 Å². The Bertz CT molecular complexity index is 777. The van der Waals surface area contributed by atoms with Gasteiger partial charge in [-0.3, -0.25) is 9.59 Å². The maximum absolute atomic E-state index is 11.9. The number of benzene rings is 1. The van der Waals surface area contributed by atoms with E-state index in [0.717, 1.165) is 12.1 Å². The zero-order valence-electron chi connectivity index (χ0n) is 11.6. The molecule has 0 aliphatic rings. The zero-order chi connectivity index (χ0) is 15.4. The van der Waals surface area contributed by atoms with E-state index in [1.165, 1.54) is 5.56 Å². The normalized spacial score (nSPS) is 10.5. The molecule has 0 spiro atoms. The van der Waals surface area contributed by atoms with E-state index < -0.39 is 11.6 Å². The maximum atomic E-state index is 11.9. The number of nitrogens with one attached hydrogen (secondary N) is 2. The third-order valence-electron chi connectivity index (χ3n) is 3.20. The van der Waals surface area contributed by atoms with Gasteiger partial charge in [0.1, 0.15) is 0 Å². The highest BCUT2D eigenvalue weighted by Gasteiger charge is 2.21. The van der Waals surface area contributed by atoms with Crippen LogP contribution in [-0.2, 0) is 17.6 Å². The average molecular weight is 295 g/mol. The van der Waals surface area contributed by atoms with Crippen molar-refractivity contribution in [2.24, 2.45) is 0 Å². The number of rotatable bonds is 6. The van der Waals surface area contributed by atoms with E-state index in [9.17, 15) is 9.59 Å². The molecule has 7 nitrogen and oxygen atoms in total. The van der Waals surface area contributed by atoms with Crippen molar-refractivity contribution in [1.29, 1.82) is 0 Å². The Morgan fingerprint density at radius 3 is 2.50 bits per heavy atom. The first-order valence-electron chi connectivity index (χ1n) is 6.74. The van der Waals surface area contributed by atoms with Crippen molar-refractivity contribution in [3.63, 3.8) is 0 Å². The van der Waals surface area contributed by atoms with Gasteiger partial charge in [0.05, 0.1) is 6.42 Å². The van der Waals surface area contributed by atoms with Crippen molar-refractivity contribution in [3.8, 4) is 0 Å². The SMILES string of the molecule is O=C(Cc1ccc(Cc2ccccc2)[nH]1)C(=O)c1nn[nH]n1. The molecule has 0 aliphatic carbocycles. The molecule has 0 fully saturated rings. The van der Waals surface area contributed by atoms with Gasteiger partial charge >= 0.3 is 0 Å². The number of ketones is 2. The average Bonchev–Trinajstić information content (AvgIpc) is 3.19. The zero-order valence-corrected chi connectivity index (χ0v) is 11.6. The minimum absolute atomic E-state index is 0.0117. The van der Waals surface area contributed by atoms with E-state index >= 15 is 0 Å². The highest BCUT2D eigenvalue weighted by Crippen LogP contribution is 2.10. The summed E-state index contributed by atoms with van der Waals surface area (Å²) in [4.78, 5) is 26.8. The second kappa shape index (κ2) is 6.13. The van der Waals surface area contributed by atoms with Crippen molar-refractivity contribution < 1.29 is 9.59 Å². The molecule has 0 bridgehead atoms. The summed E-state index contributed by atoms with van der Waals surface area (Å²) in [6, 6.07) is 13.7. The first kappa shape index (κ1) is 13.9. The van der Waals surface area contributed by atoms with Crippen LogP contribution in [0.15, 0.2) is 42.5 Å². The van der Waals surface area contributed by atoms with E-state index in [-0.39, 0.29) is 12.2 Å². The number of hydrogen-bond acceptors (Lipinski definition) is 5. The molecule has 0 atom stereocenters. The minimum Gasteiger partial charge on any atom is -0.362 e. The Balaban J connectivity index is 1.64. The highest BCUT2D eigenvalue weighted by molar-refractivity contribution is 6.42. The fraction of sp³-hybridized carbons (Fsp3) is 0.133. The van der Waals surface area contributed by atoms with Crippen LogP contribution in [0.5, 0.6) is 0 Å². The molecule has 3 rings (SSSR count). The lowest BCUT2D eigenvalue weighted by Gasteiger charge is -1.99. The molecule has 2 aromatic heterocycles. The highest BCUT2D eigenvalue weighted by atomic mass is 16.2. The van der Waals surface area contributed by atoms with Gasteiger partial charge in [0.15, 0.2) is 0 Å². The minimum atomic E-state index is -0.743. The monoisotopic (exact) mass is 295 g/mol. The van der Waals surface area contributed by atoms with Gasteiger partial charge in [0, 0.05) is 17.8 Å². The second-order valence-electron chi connectivity index (χ2n) is 4.84. The van der Waals surface area contributed by atoms with Gasteiger partial charge in [0.25, 0.3) is 5.78 Å². The van der Waals surface area contributed by atoms with Crippen LogP contribution in [0.3, 0.4) is 0 Å². The Morgan fingerprint density at radius 2 is 1.77 bits per heavy atom. The van der Waals surface area contributed by atoms with Crippen molar-refractivity contribution in [3.05, 3.63) is 65.2 Å². The van der Waals surface area contributed by atoms with Gasteiger partial charge in [0.2, 0.25) is 11.6 Å². The molecule has 7 heteroatoms. The summed E-state index contributed by atoms with van der Waals surface area (Å²) in [5.74, 6) is -1.52. The Kier molecular flexibility index (Phi) is 3.86. The second-order valence-corrected chi connectivity index (χ2v) is 4.84. The molecule has 0 saturated heterocycles. The molecule has 0 aliphatic heterocycles. The van der Waals surface area contributed by atoms with Crippen LogP contribution in [0.4, 0.5) is 0 Å². The molecular formula is C15H13N5O2. The molecular weight excluding hydrogens is 282 g/mol. The third kappa shape index (κ3) is 3.14. The molecule has 3 aromatic rings. The Hall–Kier alpha value is -3.09. The number of Topliss-reactive ketones (excluding diaryl/α,β-unsaturated/α-hetero) is 2. The molecule has 0 radical (unpaired) electrons. The lowest BCUT2D eigenvalue weighted by molar-refractivity contribution is -0.114. The summed E-state index contributed by atoms with van der Waals surface area (Å²) in [6.45, 7) is 0. The number of carbonyl (C=O) groups is 2. The number of hydrogen-bond donors (Lipinski definition) is 2. The number of aromatic nitrogens is 5. The van der Waals surface area contributed by atoms with E-state index in [2.05, 4.69) is 25.6 Å². The first-order chi connectivity index (χ1) is 10.7.